The lowest BCUT2D eigenvalue weighted by Gasteiger charge is -2.19. The molecule has 2 aromatic carbocycles. The summed E-state index contributed by atoms with van der Waals surface area (Å²) in [7, 11) is 4.46. The highest BCUT2D eigenvalue weighted by molar-refractivity contribution is 6.36. The monoisotopic (exact) mass is 641 g/mol. The molecule has 10 nitrogen and oxygen atoms in total. The van der Waals surface area contributed by atoms with Crippen LogP contribution >= 0.6 is 11.6 Å². The lowest BCUT2D eigenvalue weighted by atomic mass is 9.92. The third kappa shape index (κ3) is 5.73. The van der Waals surface area contributed by atoms with Gasteiger partial charge in [-0.15, -0.1) is 0 Å². The van der Waals surface area contributed by atoms with Gasteiger partial charge in [-0.2, -0.15) is 0 Å². The van der Waals surface area contributed by atoms with Crippen molar-refractivity contribution in [1.82, 2.24) is 19.4 Å². The molecule has 2 amide bonds. The molecule has 2 atom stereocenters. The molecule has 0 radical (unpaired) electrons. The Labute approximate surface area is 271 Å². The van der Waals surface area contributed by atoms with Crippen LogP contribution in [0.15, 0.2) is 58.3 Å². The van der Waals surface area contributed by atoms with E-state index in [0.717, 1.165) is 59.1 Å². The van der Waals surface area contributed by atoms with Gasteiger partial charge in [0.15, 0.2) is 0 Å². The maximum atomic E-state index is 13.1. The summed E-state index contributed by atoms with van der Waals surface area (Å²) >= 11 is 6.89. The summed E-state index contributed by atoms with van der Waals surface area (Å²) in [6.07, 6.45) is 6.62. The normalized spacial score (nSPS) is 17.1. The molecule has 0 bridgehead atoms. The number of rotatable bonds is 8. The molecule has 1 saturated heterocycles. The molecule has 2 N–H and O–H groups in total. The first kappa shape index (κ1) is 31.3. The summed E-state index contributed by atoms with van der Waals surface area (Å²) < 4.78 is 7.92. The molecule has 1 aliphatic heterocycles. The molecule has 2 aromatic heterocycles. The SMILES string of the molecule is COc1nc(-c2cccc(-c3cccc(NC(=O)c4cn(C)c(=O)n(C)c4=O)c3Cl)c2C)cc2c1[C@H](CC[C@@H]1CCC(=O)N1)CC2. The Bertz CT molecular complexity index is 2000. The van der Waals surface area contributed by atoms with Crippen molar-refractivity contribution < 1.29 is 14.3 Å². The quantitative estimate of drug-likeness (QED) is 0.275. The van der Waals surface area contributed by atoms with Gasteiger partial charge in [0, 0.05) is 49.4 Å². The highest BCUT2D eigenvalue weighted by Crippen LogP contribution is 2.44. The zero-order valence-electron chi connectivity index (χ0n) is 26.3. The molecule has 1 aliphatic carbocycles. The summed E-state index contributed by atoms with van der Waals surface area (Å²) in [4.78, 5) is 54.4. The Kier molecular flexibility index (Phi) is 8.57. The number of fused-ring (bicyclic) bond motifs is 1. The van der Waals surface area contributed by atoms with Gasteiger partial charge < -0.3 is 19.9 Å². The molecular formula is C35H36ClN5O5. The van der Waals surface area contributed by atoms with Crippen LogP contribution in [0.4, 0.5) is 5.69 Å². The standard InChI is InChI=1S/C35H36ClN5O5/c1-19-23(25-9-6-10-27(31(25)36)38-32(43)26-18-40(2)35(45)41(3)34(26)44)7-5-8-24(19)28-17-21-12-11-20(30(21)33(39-28)46-4)13-14-22-15-16-29(42)37-22/h5-10,17-18,20,22H,11-16H2,1-4H3,(H,37,42)(H,38,43)/t20-,22+/m0/s1. The number of halogens is 1. The maximum absolute atomic E-state index is 13.1. The smallest absolute Gasteiger partial charge is 0.330 e. The third-order valence-corrected chi connectivity index (χ3v) is 9.67. The maximum Gasteiger partial charge on any atom is 0.330 e. The number of nitrogens with one attached hydrogen (secondary N) is 2. The van der Waals surface area contributed by atoms with Gasteiger partial charge in [0.1, 0.15) is 5.56 Å². The Morgan fingerprint density at radius 1 is 1.04 bits per heavy atom. The number of amides is 2. The number of methoxy groups -OCH3 is 1. The number of ether oxygens (including phenoxy) is 1. The van der Waals surface area contributed by atoms with Gasteiger partial charge in [-0.25, -0.2) is 9.78 Å². The largest absolute Gasteiger partial charge is 0.481 e. The molecule has 1 fully saturated rings. The van der Waals surface area contributed by atoms with Gasteiger partial charge in [0.25, 0.3) is 11.5 Å². The van der Waals surface area contributed by atoms with Crippen LogP contribution in [0.5, 0.6) is 5.88 Å². The van der Waals surface area contributed by atoms with Crippen molar-refractivity contribution in [2.24, 2.45) is 14.1 Å². The van der Waals surface area contributed by atoms with Gasteiger partial charge in [0.05, 0.1) is 23.5 Å². The highest BCUT2D eigenvalue weighted by atomic mass is 35.5. The Hall–Kier alpha value is -4.70. The Balaban J connectivity index is 1.29. The number of hydrogen-bond acceptors (Lipinski definition) is 6. The number of nitrogens with zero attached hydrogens (tertiary/aromatic N) is 3. The van der Waals surface area contributed by atoms with E-state index in [2.05, 4.69) is 16.7 Å². The second kappa shape index (κ2) is 12.6. The van der Waals surface area contributed by atoms with Crippen LogP contribution in [-0.4, -0.2) is 39.1 Å². The highest BCUT2D eigenvalue weighted by Gasteiger charge is 2.30. The van der Waals surface area contributed by atoms with E-state index in [1.54, 1.807) is 19.2 Å². The van der Waals surface area contributed by atoms with Gasteiger partial charge in [-0.1, -0.05) is 41.9 Å². The minimum atomic E-state index is -0.692. The van der Waals surface area contributed by atoms with Crippen LogP contribution in [0.1, 0.15) is 65.1 Å². The summed E-state index contributed by atoms with van der Waals surface area (Å²) in [5.74, 6) is 0.461. The van der Waals surface area contributed by atoms with E-state index in [4.69, 9.17) is 21.3 Å². The topological polar surface area (TPSA) is 124 Å². The van der Waals surface area contributed by atoms with E-state index < -0.39 is 17.2 Å². The lowest BCUT2D eigenvalue weighted by Crippen LogP contribution is -2.40. The molecule has 0 saturated carbocycles. The Morgan fingerprint density at radius 2 is 1.78 bits per heavy atom. The number of anilines is 1. The van der Waals surface area contributed by atoms with E-state index in [9.17, 15) is 19.2 Å². The third-order valence-electron chi connectivity index (χ3n) is 9.26. The predicted octanol–water partition coefficient (Wildman–Crippen LogP) is 5.12. The van der Waals surface area contributed by atoms with Crippen LogP contribution in [0.2, 0.25) is 5.02 Å². The lowest BCUT2D eigenvalue weighted by molar-refractivity contribution is -0.119. The van der Waals surface area contributed by atoms with Crippen molar-refractivity contribution >= 4 is 29.1 Å². The summed E-state index contributed by atoms with van der Waals surface area (Å²) in [5, 5.41) is 6.14. The van der Waals surface area contributed by atoms with Gasteiger partial charge >= 0.3 is 5.69 Å². The number of hydrogen-bond donors (Lipinski definition) is 2. The fourth-order valence-corrected chi connectivity index (χ4v) is 7.05. The van der Waals surface area contributed by atoms with Crippen molar-refractivity contribution in [3.63, 3.8) is 0 Å². The van der Waals surface area contributed by atoms with E-state index >= 15 is 0 Å². The van der Waals surface area contributed by atoms with Crippen LogP contribution < -0.4 is 26.6 Å². The molecule has 4 aromatic rings. The van der Waals surface area contributed by atoms with Gasteiger partial charge in [0.2, 0.25) is 11.8 Å². The number of aromatic nitrogens is 3. The van der Waals surface area contributed by atoms with Crippen molar-refractivity contribution in [3.8, 4) is 28.3 Å². The van der Waals surface area contributed by atoms with Crippen LogP contribution in [0, 0.1) is 6.92 Å². The minimum absolute atomic E-state index is 0.143. The molecule has 0 spiro atoms. The number of benzene rings is 2. The second-order valence-corrected chi connectivity index (χ2v) is 12.5. The molecular weight excluding hydrogens is 606 g/mol. The van der Waals surface area contributed by atoms with E-state index in [1.807, 2.05) is 31.2 Å². The van der Waals surface area contributed by atoms with Crippen LogP contribution in [0.3, 0.4) is 0 Å². The Morgan fingerprint density at radius 3 is 2.52 bits per heavy atom. The van der Waals surface area contributed by atoms with Crippen molar-refractivity contribution in [3.05, 3.63) is 96.8 Å². The molecule has 3 heterocycles. The average Bonchev–Trinajstić information content (AvgIpc) is 3.66. The van der Waals surface area contributed by atoms with Crippen molar-refractivity contribution in [2.45, 2.75) is 57.4 Å². The van der Waals surface area contributed by atoms with Crippen LogP contribution in [-0.2, 0) is 25.3 Å². The summed E-state index contributed by atoms with van der Waals surface area (Å²) in [5.41, 5.74) is 5.64. The molecule has 0 unspecified atom stereocenters. The number of carbonyl (C=O) groups is 2. The number of pyridine rings is 1. The van der Waals surface area contributed by atoms with E-state index in [1.165, 1.54) is 36.0 Å². The first-order valence-electron chi connectivity index (χ1n) is 15.4. The van der Waals surface area contributed by atoms with Gasteiger partial charge in [-0.05, 0) is 73.8 Å². The summed E-state index contributed by atoms with van der Waals surface area (Å²) in [6, 6.07) is 13.7. The molecule has 238 valence electrons. The van der Waals surface area contributed by atoms with Crippen molar-refractivity contribution in [1.29, 1.82) is 0 Å². The molecule has 11 heteroatoms. The van der Waals surface area contributed by atoms with E-state index in [0.29, 0.717) is 34.5 Å². The number of carbonyl (C=O) groups excluding carboxylic acids is 2. The first-order valence-corrected chi connectivity index (χ1v) is 15.8. The number of aryl methyl sites for hydroxylation is 2. The predicted molar refractivity (Wildman–Crippen MR) is 178 cm³/mol. The molecule has 2 aliphatic rings. The minimum Gasteiger partial charge on any atom is -0.481 e. The zero-order valence-corrected chi connectivity index (χ0v) is 27.0. The van der Waals surface area contributed by atoms with Crippen molar-refractivity contribution in [2.75, 3.05) is 12.4 Å². The summed E-state index contributed by atoms with van der Waals surface area (Å²) in [6.45, 7) is 2.01. The second-order valence-electron chi connectivity index (χ2n) is 12.1. The van der Waals surface area contributed by atoms with Crippen LogP contribution in [0.25, 0.3) is 22.4 Å². The fourth-order valence-electron chi connectivity index (χ4n) is 6.77. The first-order chi connectivity index (χ1) is 22.1. The van der Waals surface area contributed by atoms with E-state index in [-0.39, 0.29) is 17.5 Å². The molecule has 46 heavy (non-hydrogen) atoms. The zero-order chi connectivity index (χ0) is 32.7. The average molecular weight is 642 g/mol. The molecule has 6 rings (SSSR count). The van der Waals surface area contributed by atoms with Gasteiger partial charge in [-0.3, -0.25) is 19.0 Å². The fraction of sp³-hybridized carbons (Fsp3) is 0.343.